The molecular weight excluding hydrogens is 224 g/mol. The Balaban J connectivity index is 3.15. The number of para-hydroxylation sites is 1. The minimum atomic E-state index is -3.43. The first-order valence-electron chi connectivity index (χ1n) is 4.93. The van der Waals surface area contributed by atoms with E-state index < -0.39 is 10.0 Å². The summed E-state index contributed by atoms with van der Waals surface area (Å²) in [7, 11) is -2.04. The molecule has 0 fully saturated rings. The molecule has 5 heteroatoms. The summed E-state index contributed by atoms with van der Waals surface area (Å²) in [5.41, 5.74) is 0.573. The molecule has 0 aromatic heterocycles. The third-order valence-corrected chi connectivity index (χ3v) is 3.65. The van der Waals surface area contributed by atoms with Crippen LogP contribution in [0.15, 0.2) is 41.8 Å². The van der Waals surface area contributed by atoms with E-state index in [0.717, 1.165) is 0 Å². The van der Waals surface area contributed by atoms with E-state index in [1.54, 1.807) is 30.3 Å². The zero-order valence-electron chi connectivity index (χ0n) is 9.40. The molecule has 2 N–H and O–H groups in total. The first-order chi connectivity index (χ1) is 7.51. The van der Waals surface area contributed by atoms with Crippen LogP contribution in [-0.2, 0) is 10.0 Å². The van der Waals surface area contributed by atoms with Crippen LogP contribution in [0, 0.1) is 0 Å². The third-order valence-electron chi connectivity index (χ3n) is 2.18. The van der Waals surface area contributed by atoms with E-state index in [4.69, 9.17) is 0 Å². The Labute approximate surface area is 96.4 Å². The lowest BCUT2D eigenvalue weighted by Gasteiger charge is -2.14. The molecule has 1 rings (SSSR count). The molecule has 0 saturated carbocycles. The van der Waals surface area contributed by atoms with Gasteiger partial charge in [-0.05, 0) is 26.1 Å². The van der Waals surface area contributed by atoms with Crippen molar-refractivity contribution in [3.8, 4) is 0 Å². The largest absolute Gasteiger partial charge is 0.378 e. The molecule has 0 bridgehead atoms. The summed E-state index contributed by atoms with van der Waals surface area (Å²) >= 11 is 0. The van der Waals surface area contributed by atoms with Gasteiger partial charge in [-0.15, -0.1) is 6.58 Å². The van der Waals surface area contributed by atoms with E-state index in [1.165, 1.54) is 7.05 Å². The Morgan fingerprint density at radius 3 is 2.56 bits per heavy atom. The highest BCUT2D eigenvalue weighted by atomic mass is 32.2. The zero-order chi connectivity index (χ0) is 12.2. The summed E-state index contributed by atoms with van der Waals surface area (Å²) in [6, 6.07) is 6.77. The van der Waals surface area contributed by atoms with Crippen molar-refractivity contribution in [1.82, 2.24) is 4.72 Å². The average molecular weight is 240 g/mol. The van der Waals surface area contributed by atoms with Crippen molar-refractivity contribution in [3.63, 3.8) is 0 Å². The molecule has 0 saturated heterocycles. The van der Waals surface area contributed by atoms with Crippen LogP contribution in [0.1, 0.15) is 6.92 Å². The smallest absolute Gasteiger partial charge is 0.242 e. The van der Waals surface area contributed by atoms with Crippen molar-refractivity contribution < 1.29 is 8.42 Å². The molecule has 1 aromatic rings. The van der Waals surface area contributed by atoms with Crippen molar-refractivity contribution in [2.24, 2.45) is 0 Å². The summed E-state index contributed by atoms with van der Waals surface area (Å²) in [4.78, 5) is 0.242. The van der Waals surface area contributed by atoms with Crippen LogP contribution in [0.25, 0.3) is 0 Å². The van der Waals surface area contributed by atoms with Gasteiger partial charge in [0.1, 0.15) is 4.90 Å². The van der Waals surface area contributed by atoms with Gasteiger partial charge in [-0.3, -0.25) is 0 Å². The third kappa shape index (κ3) is 2.84. The van der Waals surface area contributed by atoms with Crippen LogP contribution in [0.3, 0.4) is 0 Å². The van der Waals surface area contributed by atoms with Crippen LogP contribution < -0.4 is 10.0 Å². The summed E-state index contributed by atoms with van der Waals surface area (Å²) in [6.45, 7) is 5.54. The van der Waals surface area contributed by atoms with E-state index in [1.807, 2.05) is 6.92 Å². The number of benzene rings is 1. The van der Waals surface area contributed by atoms with Crippen LogP contribution in [-0.4, -0.2) is 21.5 Å². The fourth-order valence-electron chi connectivity index (χ4n) is 1.23. The predicted molar refractivity (Wildman–Crippen MR) is 66.0 cm³/mol. The second-order valence-electron chi connectivity index (χ2n) is 3.37. The Morgan fingerprint density at radius 2 is 2.00 bits per heavy atom. The fraction of sp³-hybridized carbons (Fsp3) is 0.273. The van der Waals surface area contributed by atoms with Crippen molar-refractivity contribution in [2.45, 2.75) is 17.9 Å². The lowest BCUT2D eigenvalue weighted by atomic mass is 10.2. The highest BCUT2D eigenvalue weighted by Crippen LogP contribution is 2.21. The number of hydrogen-bond acceptors (Lipinski definition) is 3. The predicted octanol–water partition coefficient (Wildman–Crippen LogP) is 1.58. The average Bonchev–Trinajstić information content (AvgIpc) is 2.29. The maximum Gasteiger partial charge on any atom is 0.242 e. The SMILES string of the molecule is C=CC(C)Nc1ccccc1S(=O)(=O)NC. The number of sulfonamides is 1. The highest BCUT2D eigenvalue weighted by molar-refractivity contribution is 7.89. The van der Waals surface area contributed by atoms with Crippen LogP contribution in [0.4, 0.5) is 5.69 Å². The first-order valence-corrected chi connectivity index (χ1v) is 6.41. The highest BCUT2D eigenvalue weighted by Gasteiger charge is 2.16. The molecule has 1 unspecified atom stereocenters. The topological polar surface area (TPSA) is 58.2 Å². The van der Waals surface area contributed by atoms with Gasteiger partial charge < -0.3 is 5.32 Å². The minimum Gasteiger partial charge on any atom is -0.378 e. The van der Waals surface area contributed by atoms with Crippen LogP contribution in [0.2, 0.25) is 0 Å². The van der Waals surface area contributed by atoms with Crippen LogP contribution in [0.5, 0.6) is 0 Å². The molecule has 0 amide bonds. The number of nitrogens with one attached hydrogen (secondary N) is 2. The minimum absolute atomic E-state index is 0.00760. The molecule has 0 radical (unpaired) electrons. The zero-order valence-corrected chi connectivity index (χ0v) is 10.2. The lowest BCUT2D eigenvalue weighted by Crippen LogP contribution is -2.21. The number of rotatable bonds is 5. The van der Waals surface area contributed by atoms with E-state index >= 15 is 0 Å². The maximum atomic E-state index is 11.7. The molecule has 0 aliphatic rings. The standard InChI is InChI=1S/C11H16N2O2S/c1-4-9(2)13-10-7-5-6-8-11(10)16(14,15)12-3/h4-9,12-13H,1H2,2-3H3. The van der Waals surface area contributed by atoms with Gasteiger partial charge in [-0.25, -0.2) is 13.1 Å². The van der Waals surface area contributed by atoms with Gasteiger partial charge in [0.25, 0.3) is 0 Å². The van der Waals surface area contributed by atoms with Gasteiger partial charge in [0.2, 0.25) is 10.0 Å². The fourth-order valence-corrected chi connectivity index (χ4v) is 2.13. The first kappa shape index (κ1) is 12.7. The molecule has 0 aliphatic heterocycles. The van der Waals surface area contributed by atoms with Gasteiger partial charge in [-0.2, -0.15) is 0 Å². The molecule has 1 aromatic carbocycles. The normalized spacial score (nSPS) is 13.1. The molecular formula is C11H16N2O2S. The summed E-state index contributed by atoms with van der Waals surface area (Å²) in [5, 5.41) is 3.06. The van der Waals surface area contributed by atoms with E-state index in [-0.39, 0.29) is 10.9 Å². The van der Waals surface area contributed by atoms with Gasteiger partial charge >= 0.3 is 0 Å². The maximum absolute atomic E-state index is 11.7. The van der Waals surface area contributed by atoms with Crippen molar-refractivity contribution in [2.75, 3.05) is 12.4 Å². The summed E-state index contributed by atoms with van der Waals surface area (Å²) in [6.07, 6.45) is 1.71. The Kier molecular flexibility index (Phi) is 4.09. The van der Waals surface area contributed by atoms with Gasteiger partial charge in [0.15, 0.2) is 0 Å². The van der Waals surface area contributed by atoms with Gasteiger partial charge in [-0.1, -0.05) is 18.2 Å². The van der Waals surface area contributed by atoms with E-state index in [0.29, 0.717) is 5.69 Å². The molecule has 0 heterocycles. The molecule has 88 valence electrons. The molecule has 0 aliphatic carbocycles. The molecule has 1 atom stereocenters. The number of anilines is 1. The van der Waals surface area contributed by atoms with Gasteiger partial charge in [0, 0.05) is 6.04 Å². The van der Waals surface area contributed by atoms with Gasteiger partial charge in [0.05, 0.1) is 5.69 Å². The van der Waals surface area contributed by atoms with E-state index in [2.05, 4.69) is 16.6 Å². The molecule has 4 nitrogen and oxygen atoms in total. The van der Waals surface area contributed by atoms with Crippen molar-refractivity contribution in [1.29, 1.82) is 0 Å². The van der Waals surface area contributed by atoms with E-state index in [9.17, 15) is 8.42 Å². The summed E-state index contributed by atoms with van der Waals surface area (Å²) < 4.78 is 25.7. The Bertz CT molecular complexity index is 469. The Hall–Kier alpha value is -1.33. The quantitative estimate of drug-likeness (QED) is 0.768. The Morgan fingerprint density at radius 1 is 1.38 bits per heavy atom. The van der Waals surface area contributed by atoms with Crippen molar-refractivity contribution >= 4 is 15.7 Å². The summed E-state index contributed by atoms with van der Waals surface area (Å²) in [5.74, 6) is 0. The van der Waals surface area contributed by atoms with Crippen LogP contribution >= 0.6 is 0 Å². The van der Waals surface area contributed by atoms with Crippen molar-refractivity contribution in [3.05, 3.63) is 36.9 Å². The lowest BCUT2D eigenvalue weighted by molar-refractivity contribution is 0.588. The number of hydrogen-bond donors (Lipinski definition) is 2. The molecule has 16 heavy (non-hydrogen) atoms. The second kappa shape index (κ2) is 5.14. The second-order valence-corrected chi connectivity index (χ2v) is 5.23. The monoisotopic (exact) mass is 240 g/mol. The molecule has 0 spiro atoms.